The number of carbonyl (C=O) groups is 2. The van der Waals surface area contributed by atoms with E-state index in [1.807, 2.05) is 0 Å². The Labute approximate surface area is 146 Å². The number of nitro groups is 1. The third-order valence-corrected chi connectivity index (χ3v) is 3.31. The summed E-state index contributed by atoms with van der Waals surface area (Å²) in [6.07, 6.45) is 0. The first kappa shape index (κ1) is 19.2. The van der Waals surface area contributed by atoms with E-state index in [1.165, 1.54) is 24.3 Å². The minimum Gasteiger partial charge on any atom is -0.399 e. The van der Waals surface area contributed by atoms with E-state index < -0.39 is 16.7 Å². The third-order valence-electron chi connectivity index (χ3n) is 2.69. The molecule has 0 aliphatic rings. The normalized spacial score (nSPS) is 9.58. The Bertz CT molecular complexity index is 811. The fourth-order valence-corrected chi connectivity index (χ4v) is 2.10. The van der Waals surface area contributed by atoms with Crippen molar-refractivity contribution in [1.82, 2.24) is 0 Å². The van der Waals surface area contributed by atoms with Gasteiger partial charge in [0.1, 0.15) is 0 Å². The van der Waals surface area contributed by atoms with Gasteiger partial charge in [-0.1, -0.05) is 23.2 Å². The van der Waals surface area contributed by atoms with E-state index >= 15 is 0 Å². The highest BCUT2D eigenvalue weighted by Gasteiger charge is 2.12. The van der Waals surface area contributed by atoms with Crippen molar-refractivity contribution < 1.29 is 14.5 Å². The lowest BCUT2D eigenvalue weighted by Crippen LogP contribution is -2.11. The second-order valence-electron chi connectivity index (χ2n) is 4.39. The lowest BCUT2D eigenvalue weighted by molar-refractivity contribution is -0.384. The molecule has 0 fully saturated rings. The number of carbonyl (C=O) groups excluding carboxylic acids is 2. The first-order chi connectivity index (χ1) is 11.1. The van der Waals surface area contributed by atoms with Gasteiger partial charge in [0.05, 0.1) is 26.1 Å². The van der Waals surface area contributed by atoms with E-state index in [-0.39, 0.29) is 21.3 Å². The molecule has 0 saturated heterocycles. The van der Waals surface area contributed by atoms with Crippen LogP contribution in [0.1, 0.15) is 20.7 Å². The number of anilines is 1. The largest absolute Gasteiger partial charge is 0.399 e. The summed E-state index contributed by atoms with van der Waals surface area (Å²) in [4.78, 5) is 31.0. The molecule has 8 nitrogen and oxygen atoms in total. The minimum absolute atomic E-state index is 0.0123. The fourth-order valence-electron chi connectivity index (χ4n) is 1.55. The molecule has 126 valence electrons. The van der Waals surface area contributed by atoms with Crippen molar-refractivity contribution in [2.45, 2.75) is 0 Å². The van der Waals surface area contributed by atoms with Crippen LogP contribution in [-0.2, 0) is 0 Å². The van der Waals surface area contributed by atoms with Gasteiger partial charge in [-0.25, -0.2) is 0 Å². The van der Waals surface area contributed by atoms with Gasteiger partial charge >= 0.3 is 0 Å². The number of benzene rings is 2. The number of halogens is 2. The van der Waals surface area contributed by atoms with Gasteiger partial charge in [-0.15, -0.1) is 0 Å². The number of non-ortho nitro benzene ring substituents is 1. The molecule has 2 rings (SSSR count). The van der Waals surface area contributed by atoms with Crippen molar-refractivity contribution in [3.63, 3.8) is 0 Å². The number of nitrogens with two attached hydrogens (primary N) is 3. The van der Waals surface area contributed by atoms with Crippen molar-refractivity contribution in [2.75, 3.05) is 5.73 Å². The Morgan fingerprint density at radius 3 is 1.75 bits per heavy atom. The zero-order valence-corrected chi connectivity index (χ0v) is 13.5. The van der Waals surface area contributed by atoms with E-state index in [2.05, 4.69) is 0 Å². The van der Waals surface area contributed by atoms with Crippen LogP contribution in [-0.4, -0.2) is 16.7 Å². The molecule has 2 amide bonds. The average Bonchev–Trinajstić information content (AvgIpc) is 2.46. The summed E-state index contributed by atoms with van der Waals surface area (Å²) in [5.41, 5.74) is 16.1. The van der Waals surface area contributed by atoms with Crippen LogP contribution >= 0.6 is 23.2 Å². The molecule has 0 bridgehead atoms. The van der Waals surface area contributed by atoms with Gasteiger partial charge in [0.2, 0.25) is 11.8 Å². The summed E-state index contributed by atoms with van der Waals surface area (Å²) in [5.74, 6) is -1.25. The summed E-state index contributed by atoms with van der Waals surface area (Å²) in [7, 11) is 0. The molecule has 2 aromatic rings. The first-order valence-corrected chi connectivity index (χ1v) is 6.97. The quantitative estimate of drug-likeness (QED) is 0.429. The van der Waals surface area contributed by atoms with E-state index in [9.17, 15) is 19.7 Å². The Kier molecular flexibility index (Phi) is 6.51. The highest BCUT2D eigenvalue weighted by molar-refractivity contribution is 6.34. The summed E-state index contributed by atoms with van der Waals surface area (Å²) in [5, 5.41) is 10.5. The molecule has 0 aliphatic carbocycles. The Balaban J connectivity index is 0.000000243. The molecule has 0 heterocycles. The van der Waals surface area contributed by atoms with Crippen molar-refractivity contribution >= 4 is 46.4 Å². The molecule has 0 spiro atoms. The van der Waals surface area contributed by atoms with E-state index in [1.54, 1.807) is 6.07 Å². The zero-order chi connectivity index (χ0) is 18.4. The lowest BCUT2D eigenvalue weighted by Gasteiger charge is -1.99. The van der Waals surface area contributed by atoms with Gasteiger partial charge in [0.25, 0.3) is 5.69 Å². The standard InChI is InChI=1S/C7H5ClN2O3.C7H7ClN2O/c8-6-3-4(10(12)13)1-2-5(6)7(9)11;8-6-3-4(9)1-2-5(6)7(10)11/h1-3H,(H2,9,11);1-3H,9H2,(H2,10,11). The molecule has 0 aromatic heterocycles. The second kappa shape index (κ2) is 8.14. The second-order valence-corrected chi connectivity index (χ2v) is 5.20. The van der Waals surface area contributed by atoms with Gasteiger partial charge in [0.15, 0.2) is 0 Å². The smallest absolute Gasteiger partial charge is 0.270 e. The monoisotopic (exact) mass is 370 g/mol. The van der Waals surface area contributed by atoms with Crippen LogP contribution in [0.4, 0.5) is 11.4 Å². The predicted molar refractivity (Wildman–Crippen MR) is 91.0 cm³/mol. The predicted octanol–water partition coefficient (Wildman–Crippen LogP) is 2.37. The molecule has 0 aliphatic heterocycles. The lowest BCUT2D eigenvalue weighted by atomic mass is 10.2. The molecule has 6 N–H and O–H groups in total. The molecular formula is C14H12Cl2N4O4. The van der Waals surface area contributed by atoms with E-state index in [4.69, 9.17) is 40.4 Å². The Morgan fingerprint density at radius 2 is 1.38 bits per heavy atom. The van der Waals surface area contributed by atoms with Crippen LogP contribution in [0.3, 0.4) is 0 Å². The molecule has 10 heteroatoms. The van der Waals surface area contributed by atoms with Gasteiger partial charge < -0.3 is 17.2 Å². The van der Waals surface area contributed by atoms with Crippen LogP contribution in [0.5, 0.6) is 0 Å². The van der Waals surface area contributed by atoms with Crippen LogP contribution in [0, 0.1) is 10.1 Å². The first-order valence-electron chi connectivity index (χ1n) is 6.22. The van der Waals surface area contributed by atoms with Crippen LogP contribution in [0.15, 0.2) is 36.4 Å². The summed E-state index contributed by atoms with van der Waals surface area (Å²) in [6.45, 7) is 0. The molecule has 0 radical (unpaired) electrons. The van der Waals surface area contributed by atoms with Crippen molar-refractivity contribution in [2.24, 2.45) is 11.5 Å². The zero-order valence-electron chi connectivity index (χ0n) is 12.0. The van der Waals surface area contributed by atoms with Crippen LogP contribution in [0.2, 0.25) is 10.0 Å². The molecule has 0 atom stereocenters. The van der Waals surface area contributed by atoms with Gasteiger partial charge in [-0.3, -0.25) is 19.7 Å². The topological polar surface area (TPSA) is 155 Å². The SMILES string of the molecule is NC(=O)c1ccc(N)cc1Cl.NC(=O)c1ccc([N+](=O)[O-])cc1Cl. The number of hydrogen-bond donors (Lipinski definition) is 3. The highest BCUT2D eigenvalue weighted by atomic mass is 35.5. The molecule has 0 unspecified atom stereocenters. The summed E-state index contributed by atoms with van der Waals surface area (Å²) >= 11 is 11.2. The number of hydrogen-bond acceptors (Lipinski definition) is 5. The molecule has 24 heavy (non-hydrogen) atoms. The molecule has 2 aromatic carbocycles. The maximum absolute atomic E-state index is 10.7. The van der Waals surface area contributed by atoms with Crippen molar-refractivity contribution in [3.8, 4) is 0 Å². The summed E-state index contributed by atoms with van der Waals surface area (Å²) < 4.78 is 0. The van der Waals surface area contributed by atoms with Crippen molar-refractivity contribution in [3.05, 3.63) is 67.7 Å². The Morgan fingerprint density at radius 1 is 0.917 bits per heavy atom. The van der Waals surface area contributed by atoms with Gasteiger partial charge in [0, 0.05) is 17.8 Å². The number of nitrogen functional groups attached to an aromatic ring is 1. The molecular weight excluding hydrogens is 359 g/mol. The van der Waals surface area contributed by atoms with E-state index in [0.29, 0.717) is 11.3 Å². The summed E-state index contributed by atoms with van der Waals surface area (Å²) in [6, 6.07) is 8.05. The van der Waals surface area contributed by atoms with Crippen LogP contribution in [0.25, 0.3) is 0 Å². The average molecular weight is 371 g/mol. The van der Waals surface area contributed by atoms with Gasteiger partial charge in [-0.2, -0.15) is 0 Å². The fraction of sp³-hybridized carbons (Fsp3) is 0. The number of nitro benzene ring substituents is 1. The van der Waals surface area contributed by atoms with Gasteiger partial charge in [-0.05, 0) is 24.3 Å². The maximum atomic E-state index is 10.7. The number of nitrogens with zero attached hydrogens (tertiary/aromatic N) is 1. The number of amides is 2. The maximum Gasteiger partial charge on any atom is 0.270 e. The third kappa shape index (κ3) is 5.11. The highest BCUT2D eigenvalue weighted by Crippen LogP contribution is 2.21. The number of primary amides is 2. The van der Waals surface area contributed by atoms with E-state index in [0.717, 1.165) is 6.07 Å². The Hall–Kier alpha value is -2.84. The minimum atomic E-state index is -0.708. The van der Waals surface area contributed by atoms with Crippen LogP contribution < -0.4 is 17.2 Å². The molecule has 0 saturated carbocycles. The number of rotatable bonds is 3. The van der Waals surface area contributed by atoms with Crippen molar-refractivity contribution in [1.29, 1.82) is 0 Å².